The molecule has 0 bridgehead atoms. The highest BCUT2D eigenvalue weighted by molar-refractivity contribution is 9.10. The van der Waals surface area contributed by atoms with Crippen molar-refractivity contribution < 1.29 is 9.47 Å². The molecule has 1 heterocycles. The van der Waals surface area contributed by atoms with Crippen LogP contribution in [-0.2, 0) is 16.0 Å². The molecule has 0 aromatic carbocycles. The monoisotopic (exact) mass is 279 g/mol. The van der Waals surface area contributed by atoms with Gasteiger partial charge in [0.2, 0.25) is 0 Å². The Morgan fingerprint density at radius 3 is 2.64 bits per heavy atom. The molecule has 14 heavy (non-hydrogen) atoms. The lowest BCUT2D eigenvalue weighted by Crippen LogP contribution is -2.29. The number of hydrogen-bond donors (Lipinski definition) is 1. The molecule has 0 fully saturated rings. The van der Waals surface area contributed by atoms with Crippen molar-refractivity contribution in [1.29, 1.82) is 0 Å². The number of rotatable bonds is 6. The molecule has 0 atom stereocenters. The Kier molecular flexibility index (Phi) is 5.66. The first-order valence-electron chi connectivity index (χ1n) is 4.24. The van der Waals surface area contributed by atoms with Crippen molar-refractivity contribution in [3.8, 4) is 0 Å². The number of thiophene rings is 1. The third-order valence-electron chi connectivity index (χ3n) is 1.84. The van der Waals surface area contributed by atoms with Crippen LogP contribution in [0.25, 0.3) is 0 Å². The molecule has 3 nitrogen and oxygen atoms in total. The smallest absolute Gasteiger partial charge is 0.169 e. The molecule has 1 aromatic heterocycles. The van der Waals surface area contributed by atoms with Crippen LogP contribution >= 0.6 is 27.3 Å². The lowest BCUT2D eigenvalue weighted by molar-refractivity contribution is -0.0989. The molecule has 1 N–H and O–H groups in total. The van der Waals surface area contributed by atoms with E-state index in [4.69, 9.17) is 9.47 Å². The van der Waals surface area contributed by atoms with E-state index in [-0.39, 0.29) is 6.29 Å². The number of halogens is 1. The summed E-state index contributed by atoms with van der Waals surface area (Å²) in [6, 6.07) is 0. The highest BCUT2D eigenvalue weighted by Crippen LogP contribution is 2.20. The minimum Gasteiger partial charge on any atom is -0.355 e. The molecule has 0 aliphatic carbocycles. The maximum Gasteiger partial charge on any atom is 0.169 e. The second-order valence-corrected chi connectivity index (χ2v) is 4.37. The molecule has 5 heteroatoms. The Morgan fingerprint density at radius 2 is 2.14 bits per heavy atom. The quantitative estimate of drug-likeness (QED) is 0.810. The molecule has 0 aliphatic rings. The summed E-state index contributed by atoms with van der Waals surface area (Å²) in [7, 11) is 3.27. The van der Waals surface area contributed by atoms with E-state index in [0.29, 0.717) is 6.54 Å². The lowest BCUT2D eigenvalue weighted by atomic mass is 10.3. The Hall–Kier alpha value is 0.0600. The SMILES string of the molecule is COC(CNCc1cscc1Br)OC. The van der Waals surface area contributed by atoms with Gasteiger partial charge in [-0.2, -0.15) is 11.3 Å². The van der Waals surface area contributed by atoms with Crippen molar-refractivity contribution in [2.75, 3.05) is 20.8 Å². The molecular formula is C9H14BrNO2S. The predicted octanol–water partition coefficient (Wildman–Crippen LogP) is 2.22. The Bertz CT molecular complexity index is 263. The summed E-state index contributed by atoms with van der Waals surface area (Å²) in [6.45, 7) is 1.52. The van der Waals surface area contributed by atoms with E-state index in [2.05, 4.69) is 32.0 Å². The molecular weight excluding hydrogens is 266 g/mol. The standard InChI is InChI=1S/C9H14BrNO2S/c1-12-9(13-2)4-11-3-7-5-14-6-8(7)10/h5-6,9,11H,3-4H2,1-2H3. The second kappa shape index (κ2) is 6.53. The molecule has 0 aliphatic heterocycles. The van der Waals surface area contributed by atoms with Gasteiger partial charge in [0.1, 0.15) is 0 Å². The van der Waals surface area contributed by atoms with Gasteiger partial charge in [-0.15, -0.1) is 0 Å². The third kappa shape index (κ3) is 3.67. The summed E-state index contributed by atoms with van der Waals surface area (Å²) in [4.78, 5) is 0. The summed E-state index contributed by atoms with van der Waals surface area (Å²) in [6.07, 6.45) is -0.174. The molecule has 0 spiro atoms. The van der Waals surface area contributed by atoms with Crippen molar-refractivity contribution in [3.63, 3.8) is 0 Å². The largest absolute Gasteiger partial charge is 0.355 e. The van der Waals surface area contributed by atoms with Gasteiger partial charge < -0.3 is 14.8 Å². The van der Waals surface area contributed by atoms with Gasteiger partial charge in [0.15, 0.2) is 6.29 Å². The first kappa shape index (κ1) is 12.1. The zero-order valence-electron chi connectivity index (χ0n) is 8.25. The van der Waals surface area contributed by atoms with Gasteiger partial charge >= 0.3 is 0 Å². The Balaban J connectivity index is 2.24. The molecule has 0 unspecified atom stereocenters. The van der Waals surface area contributed by atoms with Crippen LogP contribution < -0.4 is 5.32 Å². The van der Waals surface area contributed by atoms with Crippen LogP contribution in [0.3, 0.4) is 0 Å². The maximum absolute atomic E-state index is 5.06. The van der Waals surface area contributed by atoms with Crippen LogP contribution in [0.4, 0.5) is 0 Å². The van der Waals surface area contributed by atoms with Crippen molar-refractivity contribution in [2.24, 2.45) is 0 Å². The number of methoxy groups -OCH3 is 2. The van der Waals surface area contributed by atoms with E-state index < -0.39 is 0 Å². The van der Waals surface area contributed by atoms with E-state index >= 15 is 0 Å². The zero-order chi connectivity index (χ0) is 10.4. The van der Waals surface area contributed by atoms with Crippen LogP contribution in [0.15, 0.2) is 15.2 Å². The highest BCUT2D eigenvalue weighted by Gasteiger charge is 2.05. The van der Waals surface area contributed by atoms with E-state index in [1.54, 1.807) is 25.6 Å². The first-order chi connectivity index (χ1) is 6.77. The molecule has 0 saturated carbocycles. The molecule has 80 valence electrons. The number of hydrogen-bond acceptors (Lipinski definition) is 4. The molecule has 1 aromatic rings. The molecule has 0 saturated heterocycles. The maximum atomic E-state index is 5.06. The van der Waals surface area contributed by atoms with Crippen LogP contribution in [0.5, 0.6) is 0 Å². The topological polar surface area (TPSA) is 30.5 Å². The van der Waals surface area contributed by atoms with Gasteiger partial charge in [0, 0.05) is 37.2 Å². The van der Waals surface area contributed by atoms with Crippen LogP contribution in [-0.4, -0.2) is 27.1 Å². The summed E-state index contributed by atoms with van der Waals surface area (Å²) < 4.78 is 11.3. The van der Waals surface area contributed by atoms with Crippen molar-refractivity contribution in [2.45, 2.75) is 12.8 Å². The van der Waals surface area contributed by atoms with Gasteiger partial charge in [-0.3, -0.25) is 0 Å². The number of ether oxygens (including phenoxy) is 2. The minimum atomic E-state index is -0.174. The second-order valence-electron chi connectivity index (χ2n) is 2.78. The molecule has 0 amide bonds. The highest BCUT2D eigenvalue weighted by atomic mass is 79.9. The van der Waals surface area contributed by atoms with Crippen molar-refractivity contribution >= 4 is 27.3 Å². The van der Waals surface area contributed by atoms with Gasteiger partial charge in [-0.05, 0) is 26.9 Å². The third-order valence-corrected chi connectivity index (χ3v) is 3.67. The first-order valence-corrected chi connectivity index (χ1v) is 5.98. The Labute approximate surface area is 96.5 Å². The lowest BCUT2D eigenvalue weighted by Gasteiger charge is -2.13. The Morgan fingerprint density at radius 1 is 1.43 bits per heavy atom. The van der Waals surface area contributed by atoms with E-state index in [9.17, 15) is 0 Å². The van der Waals surface area contributed by atoms with E-state index in [1.807, 2.05) is 0 Å². The average molecular weight is 280 g/mol. The van der Waals surface area contributed by atoms with Gasteiger partial charge in [0.05, 0.1) is 0 Å². The van der Waals surface area contributed by atoms with Crippen molar-refractivity contribution in [1.82, 2.24) is 5.32 Å². The zero-order valence-corrected chi connectivity index (χ0v) is 10.7. The molecule has 1 rings (SSSR count). The summed E-state index contributed by atoms with van der Waals surface area (Å²) in [5.41, 5.74) is 1.26. The predicted molar refractivity (Wildman–Crippen MR) is 61.5 cm³/mol. The average Bonchev–Trinajstić information content (AvgIpc) is 2.59. The van der Waals surface area contributed by atoms with Crippen LogP contribution in [0, 0.1) is 0 Å². The van der Waals surface area contributed by atoms with Gasteiger partial charge in [0.25, 0.3) is 0 Å². The van der Waals surface area contributed by atoms with E-state index in [1.165, 1.54) is 5.56 Å². The summed E-state index contributed by atoms with van der Waals surface area (Å²) in [5, 5.41) is 7.44. The molecule has 0 radical (unpaired) electrons. The number of nitrogens with one attached hydrogen (secondary N) is 1. The normalized spacial score (nSPS) is 11.1. The fourth-order valence-electron chi connectivity index (χ4n) is 1.02. The summed E-state index contributed by atoms with van der Waals surface area (Å²) in [5.74, 6) is 0. The fraction of sp³-hybridized carbons (Fsp3) is 0.556. The van der Waals surface area contributed by atoms with Crippen LogP contribution in [0.2, 0.25) is 0 Å². The minimum absolute atomic E-state index is 0.174. The van der Waals surface area contributed by atoms with E-state index in [0.717, 1.165) is 11.0 Å². The van der Waals surface area contributed by atoms with Gasteiger partial charge in [-0.25, -0.2) is 0 Å². The fourth-order valence-corrected chi connectivity index (χ4v) is 2.46. The van der Waals surface area contributed by atoms with Crippen LogP contribution in [0.1, 0.15) is 5.56 Å². The van der Waals surface area contributed by atoms with Crippen molar-refractivity contribution in [3.05, 3.63) is 20.8 Å². The summed E-state index contributed by atoms with van der Waals surface area (Å²) >= 11 is 5.16. The van der Waals surface area contributed by atoms with Gasteiger partial charge in [-0.1, -0.05) is 0 Å².